The van der Waals surface area contributed by atoms with Gasteiger partial charge in [-0.2, -0.15) is 0 Å². The molecule has 0 spiro atoms. The molecule has 0 fully saturated rings. The van der Waals surface area contributed by atoms with Crippen LogP contribution in [0, 0.1) is 19.8 Å². The van der Waals surface area contributed by atoms with Crippen LogP contribution in [-0.4, -0.2) is 16.8 Å². The number of pyridine rings is 1. The second-order valence-corrected chi connectivity index (χ2v) is 3.94. The Morgan fingerprint density at radius 1 is 1.53 bits per heavy atom. The van der Waals surface area contributed by atoms with Gasteiger partial charge in [0.15, 0.2) is 0 Å². The van der Waals surface area contributed by atoms with Crippen molar-refractivity contribution in [1.82, 2.24) is 4.98 Å². The first-order chi connectivity index (χ1) is 7.04. The molecular formula is C11H15ClN2O. The van der Waals surface area contributed by atoms with E-state index in [9.17, 15) is 4.79 Å². The van der Waals surface area contributed by atoms with Gasteiger partial charge in [0.05, 0.1) is 11.4 Å². The molecule has 3 nitrogen and oxygen atoms in total. The predicted octanol–water partition coefficient (Wildman–Crippen LogP) is 2.51. The van der Waals surface area contributed by atoms with E-state index in [4.69, 9.17) is 11.6 Å². The number of nitrogens with one attached hydrogen (secondary N) is 1. The summed E-state index contributed by atoms with van der Waals surface area (Å²) in [7, 11) is 0. The summed E-state index contributed by atoms with van der Waals surface area (Å²) in [4.78, 5) is 15.8. The maximum atomic E-state index is 11.6. The van der Waals surface area contributed by atoms with E-state index in [1.807, 2.05) is 26.0 Å². The van der Waals surface area contributed by atoms with E-state index >= 15 is 0 Å². The topological polar surface area (TPSA) is 42.0 Å². The van der Waals surface area contributed by atoms with Crippen molar-refractivity contribution in [2.45, 2.75) is 20.8 Å². The number of rotatable bonds is 3. The summed E-state index contributed by atoms with van der Waals surface area (Å²) in [6.45, 7) is 5.58. The van der Waals surface area contributed by atoms with Crippen molar-refractivity contribution in [3.8, 4) is 0 Å². The van der Waals surface area contributed by atoms with Crippen molar-refractivity contribution in [2.24, 2.45) is 5.92 Å². The molecule has 1 aromatic heterocycles. The third-order valence-corrected chi connectivity index (χ3v) is 2.62. The molecule has 1 N–H and O–H groups in total. The van der Waals surface area contributed by atoms with Gasteiger partial charge < -0.3 is 5.32 Å². The van der Waals surface area contributed by atoms with Crippen LogP contribution in [0.3, 0.4) is 0 Å². The quantitative estimate of drug-likeness (QED) is 0.805. The van der Waals surface area contributed by atoms with E-state index < -0.39 is 0 Å². The van der Waals surface area contributed by atoms with Gasteiger partial charge in [0, 0.05) is 17.5 Å². The molecule has 0 aliphatic carbocycles. The second kappa shape index (κ2) is 5.12. The van der Waals surface area contributed by atoms with Crippen molar-refractivity contribution >= 4 is 23.2 Å². The van der Waals surface area contributed by atoms with Crippen molar-refractivity contribution in [1.29, 1.82) is 0 Å². The van der Waals surface area contributed by atoms with E-state index in [0.29, 0.717) is 5.88 Å². The molecule has 0 radical (unpaired) electrons. The average Bonchev–Trinajstić information content (AvgIpc) is 2.20. The van der Waals surface area contributed by atoms with Crippen LogP contribution >= 0.6 is 11.6 Å². The minimum Gasteiger partial charge on any atom is -0.324 e. The normalized spacial score (nSPS) is 12.3. The molecule has 4 heteroatoms. The molecule has 1 atom stereocenters. The maximum absolute atomic E-state index is 11.6. The highest BCUT2D eigenvalue weighted by molar-refractivity contribution is 6.19. The lowest BCUT2D eigenvalue weighted by Crippen LogP contribution is -2.22. The average molecular weight is 227 g/mol. The van der Waals surface area contributed by atoms with E-state index in [2.05, 4.69) is 10.3 Å². The van der Waals surface area contributed by atoms with Gasteiger partial charge in [0.2, 0.25) is 5.91 Å². The number of aromatic nitrogens is 1. The smallest absolute Gasteiger partial charge is 0.228 e. The summed E-state index contributed by atoms with van der Waals surface area (Å²) in [6.07, 6.45) is 0. The van der Waals surface area contributed by atoms with Gasteiger partial charge in [-0.05, 0) is 26.0 Å². The second-order valence-electron chi connectivity index (χ2n) is 3.63. The summed E-state index contributed by atoms with van der Waals surface area (Å²) >= 11 is 5.60. The van der Waals surface area contributed by atoms with Crippen molar-refractivity contribution in [3.63, 3.8) is 0 Å². The minimum atomic E-state index is -0.188. The molecule has 1 unspecified atom stereocenters. The molecule has 0 aliphatic heterocycles. The van der Waals surface area contributed by atoms with Crippen LogP contribution in [0.5, 0.6) is 0 Å². The third kappa shape index (κ3) is 3.20. The minimum absolute atomic E-state index is 0.0706. The van der Waals surface area contributed by atoms with Gasteiger partial charge in [-0.3, -0.25) is 9.78 Å². The molecule has 0 saturated carbocycles. The van der Waals surface area contributed by atoms with Crippen LogP contribution in [0.1, 0.15) is 18.3 Å². The first-order valence-electron chi connectivity index (χ1n) is 4.85. The first kappa shape index (κ1) is 12.0. The standard InChI is InChI=1S/C11H15ClN2O/c1-7(6-12)11(15)14-10-5-4-8(2)13-9(10)3/h4-5,7H,6H2,1-3H3,(H,14,15). The van der Waals surface area contributed by atoms with Gasteiger partial charge in [-0.1, -0.05) is 6.92 Å². The van der Waals surface area contributed by atoms with Gasteiger partial charge in [-0.25, -0.2) is 0 Å². The lowest BCUT2D eigenvalue weighted by atomic mass is 10.2. The lowest BCUT2D eigenvalue weighted by molar-refractivity contribution is -0.118. The van der Waals surface area contributed by atoms with E-state index in [-0.39, 0.29) is 11.8 Å². The predicted molar refractivity (Wildman–Crippen MR) is 62.2 cm³/mol. The molecular weight excluding hydrogens is 212 g/mol. The van der Waals surface area contributed by atoms with Crippen LogP contribution in [0.15, 0.2) is 12.1 Å². The van der Waals surface area contributed by atoms with Gasteiger partial charge in [0.25, 0.3) is 0 Å². The number of nitrogens with zero attached hydrogens (tertiary/aromatic N) is 1. The van der Waals surface area contributed by atoms with Crippen LogP contribution in [0.2, 0.25) is 0 Å². The van der Waals surface area contributed by atoms with Gasteiger partial charge >= 0.3 is 0 Å². The number of amides is 1. The number of carbonyl (C=O) groups excluding carboxylic acids is 1. The van der Waals surface area contributed by atoms with Gasteiger partial charge in [-0.15, -0.1) is 11.6 Å². The number of alkyl halides is 1. The lowest BCUT2D eigenvalue weighted by Gasteiger charge is -2.11. The molecule has 1 aromatic rings. The largest absolute Gasteiger partial charge is 0.324 e. The molecule has 1 heterocycles. The summed E-state index contributed by atoms with van der Waals surface area (Å²) in [5.41, 5.74) is 2.52. The van der Waals surface area contributed by atoms with E-state index in [1.54, 1.807) is 6.92 Å². The SMILES string of the molecule is Cc1ccc(NC(=O)C(C)CCl)c(C)n1. The van der Waals surface area contributed by atoms with Crippen molar-refractivity contribution in [2.75, 3.05) is 11.2 Å². The maximum Gasteiger partial charge on any atom is 0.228 e. The fraction of sp³-hybridized carbons (Fsp3) is 0.455. The summed E-state index contributed by atoms with van der Waals surface area (Å²) < 4.78 is 0. The summed E-state index contributed by atoms with van der Waals surface area (Å²) in [6, 6.07) is 3.73. The highest BCUT2D eigenvalue weighted by Gasteiger charge is 2.12. The molecule has 0 aliphatic rings. The first-order valence-corrected chi connectivity index (χ1v) is 5.39. The van der Waals surface area contributed by atoms with Crippen LogP contribution in [-0.2, 0) is 4.79 Å². The Balaban J connectivity index is 2.77. The fourth-order valence-corrected chi connectivity index (χ4v) is 1.28. The highest BCUT2D eigenvalue weighted by atomic mass is 35.5. The summed E-state index contributed by atoms with van der Waals surface area (Å²) in [5.74, 6) is 0.0654. The zero-order valence-corrected chi connectivity index (χ0v) is 9.93. The molecule has 0 saturated heterocycles. The Kier molecular flexibility index (Phi) is 4.09. The Bertz CT molecular complexity index is 366. The van der Waals surface area contributed by atoms with Gasteiger partial charge in [0.1, 0.15) is 0 Å². The number of anilines is 1. The number of carbonyl (C=O) groups is 1. The Labute approximate surface area is 94.9 Å². The number of hydrogen-bond acceptors (Lipinski definition) is 2. The molecule has 82 valence electrons. The van der Waals surface area contributed by atoms with E-state index in [0.717, 1.165) is 17.1 Å². The van der Waals surface area contributed by atoms with Crippen LogP contribution < -0.4 is 5.32 Å². The van der Waals surface area contributed by atoms with Crippen LogP contribution in [0.4, 0.5) is 5.69 Å². The summed E-state index contributed by atoms with van der Waals surface area (Å²) in [5, 5.41) is 2.80. The number of halogens is 1. The monoisotopic (exact) mass is 226 g/mol. The Hall–Kier alpha value is -1.09. The van der Waals surface area contributed by atoms with Crippen LogP contribution in [0.25, 0.3) is 0 Å². The van der Waals surface area contributed by atoms with Crippen molar-refractivity contribution in [3.05, 3.63) is 23.5 Å². The zero-order chi connectivity index (χ0) is 11.4. The fourth-order valence-electron chi connectivity index (χ4n) is 1.14. The number of aryl methyl sites for hydroxylation is 2. The Morgan fingerprint density at radius 3 is 2.73 bits per heavy atom. The molecule has 15 heavy (non-hydrogen) atoms. The van der Waals surface area contributed by atoms with Crippen molar-refractivity contribution < 1.29 is 4.79 Å². The highest BCUT2D eigenvalue weighted by Crippen LogP contribution is 2.14. The number of hydrogen-bond donors (Lipinski definition) is 1. The third-order valence-electron chi connectivity index (χ3n) is 2.16. The molecule has 0 bridgehead atoms. The molecule has 1 amide bonds. The zero-order valence-electron chi connectivity index (χ0n) is 9.17. The van der Waals surface area contributed by atoms with E-state index in [1.165, 1.54) is 0 Å². The molecule has 1 rings (SSSR count). The Morgan fingerprint density at radius 2 is 2.20 bits per heavy atom. The molecule has 0 aromatic carbocycles.